The Morgan fingerprint density at radius 3 is 2.65 bits per heavy atom. The summed E-state index contributed by atoms with van der Waals surface area (Å²) in [5.74, 6) is -0.199. The number of nitrogens with zero attached hydrogens (tertiary/aromatic N) is 2. The van der Waals surface area contributed by atoms with E-state index in [9.17, 15) is 14.9 Å². The molecule has 116 valence electrons. The molecule has 6 nitrogen and oxygen atoms in total. The highest BCUT2D eigenvalue weighted by atomic mass is 32.1. The third kappa shape index (κ3) is 3.35. The summed E-state index contributed by atoms with van der Waals surface area (Å²) in [7, 11) is 0. The van der Waals surface area contributed by atoms with Crippen molar-refractivity contribution in [3.8, 4) is 0 Å². The van der Waals surface area contributed by atoms with E-state index in [4.69, 9.17) is 0 Å². The number of aryl methyl sites for hydroxylation is 1. The molecule has 0 atom stereocenters. The van der Waals surface area contributed by atoms with Crippen molar-refractivity contribution >= 4 is 38.3 Å². The van der Waals surface area contributed by atoms with Crippen LogP contribution in [0, 0.1) is 17.0 Å². The molecule has 7 heteroatoms. The molecule has 3 rings (SSSR count). The first-order valence-corrected chi connectivity index (χ1v) is 7.74. The van der Waals surface area contributed by atoms with Crippen molar-refractivity contribution in [1.29, 1.82) is 0 Å². The Kier molecular flexibility index (Phi) is 4.03. The number of aromatic nitrogens is 1. The Labute approximate surface area is 135 Å². The topological polar surface area (TPSA) is 85.1 Å². The van der Waals surface area contributed by atoms with Crippen molar-refractivity contribution in [2.45, 2.75) is 13.3 Å². The van der Waals surface area contributed by atoms with E-state index in [1.807, 2.05) is 25.1 Å². The average molecular weight is 327 g/mol. The predicted molar refractivity (Wildman–Crippen MR) is 89.8 cm³/mol. The molecule has 1 N–H and O–H groups in total. The maximum Gasteiger partial charge on any atom is 0.269 e. The fourth-order valence-electron chi connectivity index (χ4n) is 2.22. The summed E-state index contributed by atoms with van der Waals surface area (Å²) in [4.78, 5) is 26.7. The Balaban J connectivity index is 1.70. The predicted octanol–water partition coefficient (Wildman–Crippen LogP) is 3.69. The highest BCUT2D eigenvalue weighted by Gasteiger charge is 2.11. The van der Waals surface area contributed by atoms with E-state index in [0.29, 0.717) is 10.7 Å². The van der Waals surface area contributed by atoms with E-state index in [2.05, 4.69) is 10.3 Å². The summed E-state index contributed by atoms with van der Waals surface area (Å²) in [6, 6.07) is 11.8. The summed E-state index contributed by atoms with van der Waals surface area (Å²) in [5, 5.41) is 13.9. The van der Waals surface area contributed by atoms with Crippen molar-refractivity contribution in [2.24, 2.45) is 0 Å². The van der Waals surface area contributed by atoms with E-state index in [-0.39, 0.29) is 18.0 Å². The van der Waals surface area contributed by atoms with Crippen LogP contribution in [-0.4, -0.2) is 15.8 Å². The minimum atomic E-state index is -0.465. The number of amides is 1. The van der Waals surface area contributed by atoms with Crippen LogP contribution >= 0.6 is 11.3 Å². The molecule has 0 bridgehead atoms. The van der Waals surface area contributed by atoms with Gasteiger partial charge in [0.25, 0.3) is 5.69 Å². The van der Waals surface area contributed by atoms with Crippen LogP contribution in [0.3, 0.4) is 0 Å². The smallest absolute Gasteiger partial charge is 0.269 e. The molecule has 1 heterocycles. The van der Waals surface area contributed by atoms with Gasteiger partial charge in [0.2, 0.25) is 5.91 Å². The van der Waals surface area contributed by atoms with E-state index in [1.54, 1.807) is 12.1 Å². The van der Waals surface area contributed by atoms with E-state index < -0.39 is 4.92 Å². The Morgan fingerprint density at radius 2 is 2.00 bits per heavy atom. The quantitative estimate of drug-likeness (QED) is 0.585. The largest absolute Gasteiger partial charge is 0.302 e. The maximum atomic E-state index is 12.1. The number of nitrogens with one attached hydrogen (secondary N) is 1. The summed E-state index contributed by atoms with van der Waals surface area (Å²) >= 11 is 1.42. The Bertz CT molecular complexity index is 887. The van der Waals surface area contributed by atoms with Crippen LogP contribution in [0.25, 0.3) is 10.2 Å². The first-order chi connectivity index (χ1) is 11.0. The van der Waals surface area contributed by atoms with Gasteiger partial charge in [0.05, 0.1) is 21.6 Å². The molecular weight excluding hydrogens is 314 g/mol. The molecule has 1 aromatic heterocycles. The molecule has 0 saturated heterocycles. The fraction of sp³-hybridized carbons (Fsp3) is 0.125. The van der Waals surface area contributed by atoms with Gasteiger partial charge in [0.1, 0.15) is 0 Å². The SMILES string of the molecule is Cc1cccc2sc(NC(=O)Cc3ccc([N+](=O)[O-])cc3)nc12. The van der Waals surface area contributed by atoms with Crippen molar-refractivity contribution in [1.82, 2.24) is 4.98 Å². The van der Waals surface area contributed by atoms with Crippen molar-refractivity contribution in [3.05, 3.63) is 63.7 Å². The molecule has 0 aliphatic rings. The molecule has 1 amide bonds. The lowest BCUT2D eigenvalue weighted by Crippen LogP contribution is -2.14. The second-order valence-electron chi connectivity index (χ2n) is 5.09. The molecule has 0 aliphatic heterocycles. The minimum absolute atomic E-state index is 0.0100. The number of fused-ring (bicyclic) bond motifs is 1. The number of non-ortho nitro benzene ring substituents is 1. The number of hydrogen-bond acceptors (Lipinski definition) is 5. The van der Waals surface area contributed by atoms with Gasteiger partial charge in [-0.3, -0.25) is 14.9 Å². The number of anilines is 1. The molecule has 0 radical (unpaired) electrons. The van der Waals surface area contributed by atoms with Crippen LogP contribution in [0.1, 0.15) is 11.1 Å². The van der Waals surface area contributed by atoms with Gasteiger partial charge >= 0.3 is 0 Å². The molecule has 0 saturated carbocycles. The Morgan fingerprint density at radius 1 is 1.26 bits per heavy atom. The lowest BCUT2D eigenvalue weighted by molar-refractivity contribution is -0.384. The monoisotopic (exact) mass is 327 g/mol. The second kappa shape index (κ2) is 6.13. The number of nitro groups is 1. The van der Waals surface area contributed by atoms with Gasteiger partial charge < -0.3 is 5.32 Å². The molecule has 0 spiro atoms. The van der Waals surface area contributed by atoms with Gasteiger partial charge in [0, 0.05) is 12.1 Å². The highest BCUT2D eigenvalue weighted by Crippen LogP contribution is 2.27. The zero-order chi connectivity index (χ0) is 16.4. The van der Waals surface area contributed by atoms with E-state index in [0.717, 1.165) is 15.8 Å². The molecule has 0 aliphatic carbocycles. The van der Waals surface area contributed by atoms with E-state index in [1.165, 1.54) is 23.5 Å². The fourth-order valence-corrected chi connectivity index (χ4v) is 3.18. The number of benzene rings is 2. The third-order valence-electron chi connectivity index (χ3n) is 3.38. The first kappa shape index (κ1) is 15.1. The van der Waals surface area contributed by atoms with Gasteiger partial charge in [-0.2, -0.15) is 0 Å². The summed E-state index contributed by atoms with van der Waals surface area (Å²) < 4.78 is 1.02. The van der Waals surface area contributed by atoms with E-state index >= 15 is 0 Å². The highest BCUT2D eigenvalue weighted by molar-refractivity contribution is 7.22. The van der Waals surface area contributed by atoms with Crippen molar-refractivity contribution in [3.63, 3.8) is 0 Å². The lowest BCUT2D eigenvalue weighted by atomic mass is 10.1. The molecule has 23 heavy (non-hydrogen) atoms. The van der Waals surface area contributed by atoms with Gasteiger partial charge in [-0.1, -0.05) is 35.6 Å². The summed E-state index contributed by atoms with van der Waals surface area (Å²) in [6.45, 7) is 1.98. The molecule has 0 fully saturated rings. The zero-order valence-corrected chi connectivity index (χ0v) is 13.1. The van der Waals surface area contributed by atoms with Crippen LogP contribution in [-0.2, 0) is 11.2 Å². The van der Waals surface area contributed by atoms with Gasteiger partial charge in [-0.25, -0.2) is 4.98 Å². The average Bonchev–Trinajstić information content (AvgIpc) is 2.91. The second-order valence-corrected chi connectivity index (χ2v) is 6.12. The number of rotatable bonds is 4. The normalized spacial score (nSPS) is 10.7. The van der Waals surface area contributed by atoms with Gasteiger partial charge in [-0.15, -0.1) is 0 Å². The number of carbonyl (C=O) groups is 1. The van der Waals surface area contributed by atoms with Crippen LogP contribution in [0.15, 0.2) is 42.5 Å². The van der Waals surface area contributed by atoms with Crippen molar-refractivity contribution < 1.29 is 9.72 Å². The molecular formula is C16H13N3O3S. The standard InChI is InChI=1S/C16H13N3O3S/c1-10-3-2-4-13-15(10)18-16(23-13)17-14(20)9-11-5-7-12(8-6-11)19(21)22/h2-8H,9H2,1H3,(H,17,18,20). The third-order valence-corrected chi connectivity index (χ3v) is 4.31. The van der Waals surface area contributed by atoms with Gasteiger partial charge in [0.15, 0.2) is 5.13 Å². The van der Waals surface area contributed by atoms with Crippen LogP contribution in [0.5, 0.6) is 0 Å². The molecule has 2 aromatic carbocycles. The van der Waals surface area contributed by atoms with Gasteiger partial charge in [-0.05, 0) is 24.1 Å². The molecule has 3 aromatic rings. The Hall–Kier alpha value is -2.80. The molecule has 0 unspecified atom stereocenters. The minimum Gasteiger partial charge on any atom is -0.302 e. The van der Waals surface area contributed by atoms with Crippen LogP contribution in [0.2, 0.25) is 0 Å². The van der Waals surface area contributed by atoms with Crippen LogP contribution in [0.4, 0.5) is 10.8 Å². The number of para-hydroxylation sites is 1. The number of hydrogen-bond donors (Lipinski definition) is 1. The summed E-state index contributed by atoms with van der Waals surface area (Å²) in [5.41, 5.74) is 2.68. The van der Waals surface area contributed by atoms with Crippen LogP contribution < -0.4 is 5.32 Å². The number of carbonyl (C=O) groups excluding carboxylic acids is 1. The maximum absolute atomic E-state index is 12.1. The zero-order valence-electron chi connectivity index (χ0n) is 12.3. The summed E-state index contributed by atoms with van der Waals surface area (Å²) in [6.07, 6.45) is 0.146. The first-order valence-electron chi connectivity index (χ1n) is 6.92. The number of nitro benzene ring substituents is 1. The van der Waals surface area contributed by atoms with Crippen molar-refractivity contribution in [2.75, 3.05) is 5.32 Å². The lowest BCUT2D eigenvalue weighted by Gasteiger charge is -2.01. The number of thiazole rings is 1.